The van der Waals surface area contributed by atoms with E-state index in [0.717, 1.165) is 0 Å². The molecule has 2 amide bonds. The molecule has 0 unspecified atom stereocenters. The van der Waals surface area contributed by atoms with Crippen molar-refractivity contribution in [2.24, 2.45) is 5.41 Å². The van der Waals surface area contributed by atoms with Gasteiger partial charge in [0.05, 0.1) is 11.9 Å². The van der Waals surface area contributed by atoms with Crippen molar-refractivity contribution in [2.45, 2.75) is 20.8 Å². The van der Waals surface area contributed by atoms with Crippen molar-refractivity contribution in [3.8, 4) is 0 Å². The van der Waals surface area contributed by atoms with Crippen molar-refractivity contribution < 1.29 is 9.59 Å². The molecule has 22 heavy (non-hydrogen) atoms. The van der Waals surface area contributed by atoms with Crippen molar-refractivity contribution >= 4 is 23.3 Å². The zero-order valence-electron chi connectivity index (χ0n) is 12.9. The van der Waals surface area contributed by atoms with Gasteiger partial charge < -0.3 is 10.6 Å². The van der Waals surface area contributed by atoms with Crippen LogP contribution in [0.1, 0.15) is 31.1 Å². The Bertz CT molecular complexity index is 659. The summed E-state index contributed by atoms with van der Waals surface area (Å²) in [7, 11) is 0. The summed E-state index contributed by atoms with van der Waals surface area (Å²) in [5.74, 6) is 0.123. The van der Waals surface area contributed by atoms with Gasteiger partial charge in [0, 0.05) is 11.0 Å². The van der Waals surface area contributed by atoms with Crippen LogP contribution in [0.3, 0.4) is 0 Å². The van der Waals surface area contributed by atoms with Crippen LogP contribution in [0.4, 0.5) is 11.5 Å². The minimum atomic E-state index is -0.472. The lowest BCUT2D eigenvalue weighted by Gasteiger charge is -2.17. The van der Waals surface area contributed by atoms with Crippen molar-refractivity contribution in [3.05, 3.63) is 54.2 Å². The Morgan fingerprint density at radius 2 is 1.64 bits per heavy atom. The van der Waals surface area contributed by atoms with E-state index in [1.54, 1.807) is 36.4 Å². The number of anilines is 2. The number of carbonyl (C=O) groups excluding carboxylic acids is 2. The van der Waals surface area contributed by atoms with Crippen molar-refractivity contribution in [1.29, 1.82) is 0 Å². The van der Waals surface area contributed by atoms with Crippen LogP contribution < -0.4 is 10.6 Å². The van der Waals surface area contributed by atoms with E-state index in [1.807, 2.05) is 26.8 Å². The van der Waals surface area contributed by atoms with E-state index in [-0.39, 0.29) is 11.8 Å². The quantitative estimate of drug-likeness (QED) is 0.913. The fourth-order valence-corrected chi connectivity index (χ4v) is 1.64. The molecule has 0 fully saturated rings. The number of benzene rings is 1. The normalized spacial score (nSPS) is 10.9. The van der Waals surface area contributed by atoms with Crippen LogP contribution in [0.5, 0.6) is 0 Å². The van der Waals surface area contributed by atoms with Gasteiger partial charge in [-0.1, -0.05) is 39.0 Å². The van der Waals surface area contributed by atoms with E-state index in [9.17, 15) is 9.59 Å². The number of hydrogen-bond donors (Lipinski definition) is 2. The second-order valence-corrected chi connectivity index (χ2v) is 5.96. The Kier molecular flexibility index (Phi) is 4.56. The van der Waals surface area contributed by atoms with Crippen LogP contribution >= 0.6 is 0 Å². The van der Waals surface area contributed by atoms with Gasteiger partial charge in [0.15, 0.2) is 0 Å². The van der Waals surface area contributed by atoms with Crippen LogP contribution in [0.2, 0.25) is 0 Å². The van der Waals surface area contributed by atoms with E-state index in [0.29, 0.717) is 17.1 Å². The van der Waals surface area contributed by atoms with Gasteiger partial charge in [-0.2, -0.15) is 0 Å². The van der Waals surface area contributed by atoms with E-state index < -0.39 is 5.41 Å². The number of hydrogen-bond acceptors (Lipinski definition) is 3. The fourth-order valence-electron chi connectivity index (χ4n) is 1.64. The molecule has 0 bridgehead atoms. The molecule has 0 aliphatic carbocycles. The molecular formula is C17H19N3O2. The number of pyridine rings is 1. The average molecular weight is 297 g/mol. The predicted molar refractivity (Wildman–Crippen MR) is 86.7 cm³/mol. The van der Waals surface area contributed by atoms with E-state index in [1.165, 1.54) is 6.20 Å². The lowest BCUT2D eigenvalue weighted by atomic mass is 9.96. The molecular weight excluding hydrogens is 278 g/mol. The Balaban J connectivity index is 2.01. The summed E-state index contributed by atoms with van der Waals surface area (Å²) in [5.41, 5.74) is 0.687. The van der Waals surface area contributed by atoms with Crippen LogP contribution in [0, 0.1) is 5.41 Å². The second-order valence-electron chi connectivity index (χ2n) is 5.96. The third-order valence-corrected chi connectivity index (χ3v) is 2.98. The Morgan fingerprint density at radius 3 is 2.18 bits per heavy atom. The third-order valence-electron chi connectivity index (χ3n) is 2.98. The predicted octanol–water partition coefficient (Wildman–Crippen LogP) is 3.32. The van der Waals surface area contributed by atoms with Gasteiger partial charge in [0.2, 0.25) is 5.91 Å². The molecule has 114 valence electrons. The molecule has 2 rings (SSSR count). The van der Waals surface area contributed by atoms with Gasteiger partial charge in [-0.3, -0.25) is 9.59 Å². The number of nitrogens with zero attached hydrogens (tertiary/aromatic N) is 1. The van der Waals surface area contributed by atoms with E-state index in [4.69, 9.17) is 0 Å². The second kappa shape index (κ2) is 6.39. The van der Waals surface area contributed by atoms with E-state index >= 15 is 0 Å². The number of aromatic nitrogens is 1. The topological polar surface area (TPSA) is 71.1 Å². The van der Waals surface area contributed by atoms with Gasteiger partial charge >= 0.3 is 0 Å². The summed E-state index contributed by atoms with van der Waals surface area (Å²) in [6.45, 7) is 5.51. The molecule has 0 saturated heterocycles. The maximum atomic E-state index is 12.0. The van der Waals surface area contributed by atoms with Gasteiger partial charge in [0.25, 0.3) is 5.91 Å². The lowest BCUT2D eigenvalue weighted by molar-refractivity contribution is -0.123. The molecule has 0 saturated carbocycles. The maximum absolute atomic E-state index is 12.0. The largest absolute Gasteiger partial charge is 0.324 e. The summed E-state index contributed by atoms with van der Waals surface area (Å²) in [6, 6.07) is 12.3. The standard InChI is InChI=1S/C17H19N3O2/c1-17(2,3)16(22)19-13-9-10-14(18-11-13)20-15(21)12-7-5-4-6-8-12/h4-11H,1-3H3,(H,19,22)(H,18,20,21). The van der Waals surface area contributed by atoms with Gasteiger partial charge in [-0.25, -0.2) is 4.98 Å². The Hall–Kier alpha value is -2.69. The molecule has 5 heteroatoms. The van der Waals surface area contributed by atoms with Gasteiger partial charge in [0.1, 0.15) is 5.82 Å². The Morgan fingerprint density at radius 1 is 0.955 bits per heavy atom. The van der Waals surface area contributed by atoms with Gasteiger partial charge in [-0.15, -0.1) is 0 Å². The molecule has 1 heterocycles. The first-order valence-electron chi connectivity index (χ1n) is 7.00. The SMILES string of the molecule is CC(C)(C)C(=O)Nc1ccc(NC(=O)c2ccccc2)nc1. The number of nitrogens with one attached hydrogen (secondary N) is 2. The smallest absolute Gasteiger partial charge is 0.256 e. The van der Waals surface area contributed by atoms with Crippen molar-refractivity contribution in [1.82, 2.24) is 4.98 Å². The first kappa shape index (κ1) is 15.7. The highest BCUT2D eigenvalue weighted by Crippen LogP contribution is 2.17. The molecule has 0 radical (unpaired) electrons. The average Bonchev–Trinajstić information content (AvgIpc) is 2.49. The third kappa shape index (κ3) is 4.15. The van der Waals surface area contributed by atoms with Crippen LogP contribution in [-0.2, 0) is 4.79 Å². The molecule has 2 aromatic rings. The molecule has 1 aromatic carbocycles. The lowest BCUT2D eigenvalue weighted by Crippen LogP contribution is -2.27. The summed E-state index contributed by atoms with van der Waals surface area (Å²) in [5, 5.41) is 5.49. The zero-order valence-corrected chi connectivity index (χ0v) is 12.9. The minimum Gasteiger partial charge on any atom is -0.324 e. The summed E-state index contributed by atoms with van der Waals surface area (Å²) in [4.78, 5) is 28.0. The number of carbonyl (C=O) groups is 2. The monoisotopic (exact) mass is 297 g/mol. The molecule has 0 spiro atoms. The van der Waals surface area contributed by atoms with Crippen molar-refractivity contribution in [2.75, 3.05) is 10.6 Å². The molecule has 5 nitrogen and oxygen atoms in total. The highest BCUT2D eigenvalue weighted by molar-refractivity contribution is 6.03. The molecule has 2 N–H and O–H groups in total. The summed E-state index contributed by atoms with van der Waals surface area (Å²) < 4.78 is 0. The Labute approximate surface area is 129 Å². The van der Waals surface area contributed by atoms with Crippen molar-refractivity contribution in [3.63, 3.8) is 0 Å². The minimum absolute atomic E-state index is 0.0876. The van der Waals surface area contributed by atoms with Gasteiger partial charge in [-0.05, 0) is 24.3 Å². The van der Waals surface area contributed by atoms with E-state index in [2.05, 4.69) is 15.6 Å². The first-order chi connectivity index (χ1) is 10.4. The molecule has 0 aliphatic heterocycles. The fraction of sp³-hybridized carbons (Fsp3) is 0.235. The van der Waals surface area contributed by atoms with Crippen LogP contribution in [-0.4, -0.2) is 16.8 Å². The summed E-state index contributed by atoms with van der Waals surface area (Å²) >= 11 is 0. The number of amides is 2. The van der Waals surface area contributed by atoms with Crippen LogP contribution in [0.15, 0.2) is 48.7 Å². The number of rotatable bonds is 3. The van der Waals surface area contributed by atoms with Crippen LogP contribution in [0.25, 0.3) is 0 Å². The maximum Gasteiger partial charge on any atom is 0.256 e. The first-order valence-corrected chi connectivity index (χ1v) is 7.00. The highest BCUT2D eigenvalue weighted by atomic mass is 16.2. The highest BCUT2D eigenvalue weighted by Gasteiger charge is 2.21. The molecule has 0 atom stereocenters. The molecule has 0 aliphatic rings. The molecule has 1 aromatic heterocycles. The zero-order chi connectivity index (χ0) is 16.2. The summed E-state index contributed by atoms with van der Waals surface area (Å²) in [6.07, 6.45) is 1.52.